The summed E-state index contributed by atoms with van der Waals surface area (Å²) >= 11 is 0. The van der Waals surface area contributed by atoms with Gasteiger partial charge in [0.15, 0.2) is 0 Å². The van der Waals surface area contributed by atoms with Crippen LogP contribution in [-0.2, 0) is 11.2 Å². The number of carbonyl (C=O) groups is 1. The Labute approximate surface area is 116 Å². The van der Waals surface area contributed by atoms with Crippen LogP contribution in [0.15, 0.2) is 18.2 Å². The van der Waals surface area contributed by atoms with E-state index in [4.69, 9.17) is 0 Å². The van der Waals surface area contributed by atoms with Crippen LogP contribution in [0.25, 0.3) is 0 Å². The minimum atomic E-state index is -0.844. The minimum absolute atomic E-state index is 0.00552. The Morgan fingerprint density at radius 2 is 1.95 bits per heavy atom. The lowest BCUT2D eigenvalue weighted by atomic mass is 10.0. The number of rotatable bonds is 6. The summed E-state index contributed by atoms with van der Waals surface area (Å²) in [5.74, 6) is 0.00552. The molecule has 0 spiro atoms. The van der Waals surface area contributed by atoms with Crippen molar-refractivity contribution < 1.29 is 9.90 Å². The normalized spacial score (nSPS) is 11.4. The summed E-state index contributed by atoms with van der Waals surface area (Å²) in [6.07, 6.45) is 2.25. The van der Waals surface area contributed by atoms with Crippen molar-refractivity contribution in [2.24, 2.45) is 0 Å². The predicted molar refractivity (Wildman–Crippen MR) is 78.2 cm³/mol. The van der Waals surface area contributed by atoms with Gasteiger partial charge in [0.05, 0.1) is 5.60 Å². The Morgan fingerprint density at radius 3 is 2.53 bits per heavy atom. The number of amides is 1. The van der Waals surface area contributed by atoms with Crippen LogP contribution in [0.5, 0.6) is 0 Å². The molecule has 0 aromatic heterocycles. The van der Waals surface area contributed by atoms with Crippen molar-refractivity contribution in [3.05, 3.63) is 34.9 Å². The van der Waals surface area contributed by atoms with E-state index in [9.17, 15) is 9.90 Å². The van der Waals surface area contributed by atoms with Crippen molar-refractivity contribution in [2.45, 2.75) is 52.6 Å². The molecule has 0 fully saturated rings. The molecular weight excluding hydrogens is 238 g/mol. The molecule has 0 radical (unpaired) electrons. The summed E-state index contributed by atoms with van der Waals surface area (Å²) in [6, 6.07) is 6.43. The Hall–Kier alpha value is -1.35. The lowest BCUT2D eigenvalue weighted by Crippen LogP contribution is -2.38. The molecule has 106 valence electrons. The topological polar surface area (TPSA) is 49.3 Å². The third-order valence-electron chi connectivity index (χ3n) is 3.16. The zero-order valence-electron chi connectivity index (χ0n) is 12.4. The number of nitrogens with one attached hydrogen (secondary N) is 1. The van der Waals surface area contributed by atoms with E-state index in [-0.39, 0.29) is 5.91 Å². The SMILES string of the molecule is Cc1ccc(CCCC(=O)NCC(C)(C)O)cc1C. The fourth-order valence-electron chi connectivity index (χ4n) is 1.82. The molecule has 1 aromatic rings. The lowest BCUT2D eigenvalue weighted by molar-refractivity contribution is -0.122. The molecule has 19 heavy (non-hydrogen) atoms. The van der Waals surface area contributed by atoms with Crippen LogP contribution in [0, 0.1) is 13.8 Å². The highest BCUT2D eigenvalue weighted by Crippen LogP contribution is 2.12. The standard InChI is InChI=1S/C16H25NO2/c1-12-8-9-14(10-13(12)2)6-5-7-15(18)17-11-16(3,4)19/h8-10,19H,5-7,11H2,1-4H3,(H,17,18). The molecule has 0 saturated carbocycles. The second kappa shape index (κ2) is 6.71. The van der Waals surface area contributed by atoms with Crippen LogP contribution in [0.2, 0.25) is 0 Å². The molecule has 0 aliphatic heterocycles. The highest BCUT2D eigenvalue weighted by Gasteiger charge is 2.13. The molecule has 1 aromatic carbocycles. The number of benzene rings is 1. The molecule has 3 heteroatoms. The number of hydrogen-bond acceptors (Lipinski definition) is 2. The summed E-state index contributed by atoms with van der Waals surface area (Å²) in [7, 11) is 0. The van der Waals surface area contributed by atoms with E-state index < -0.39 is 5.60 Å². The number of carbonyl (C=O) groups excluding carboxylic acids is 1. The van der Waals surface area contributed by atoms with Crippen LogP contribution in [0.3, 0.4) is 0 Å². The van der Waals surface area contributed by atoms with Crippen molar-refractivity contribution in [3.8, 4) is 0 Å². The van der Waals surface area contributed by atoms with Crippen LogP contribution < -0.4 is 5.32 Å². The Morgan fingerprint density at radius 1 is 1.26 bits per heavy atom. The van der Waals surface area contributed by atoms with E-state index in [2.05, 4.69) is 37.4 Å². The van der Waals surface area contributed by atoms with Crippen molar-refractivity contribution in [2.75, 3.05) is 6.54 Å². The van der Waals surface area contributed by atoms with Crippen LogP contribution in [-0.4, -0.2) is 23.2 Å². The van der Waals surface area contributed by atoms with Crippen molar-refractivity contribution in [1.82, 2.24) is 5.32 Å². The minimum Gasteiger partial charge on any atom is -0.389 e. The number of hydrogen-bond donors (Lipinski definition) is 2. The van der Waals surface area contributed by atoms with Crippen LogP contribution >= 0.6 is 0 Å². The lowest BCUT2D eigenvalue weighted by Gasteiger charge is -2.17. The fourth-order valence-corrected chi connectivity index (χ4v) is 1.82. The van der Waals surface area contributed by atoms with Gasteiger partial charge in [0, 0.05) is 13.0 Å². The third-order valence-corrected chi connectivity index (χ3v) is 3.16. The molecule has 0 heterocycles. The summed E-state index contributed by atoms with van der Waals surface area (Å²) in [4.78, 5) is 11.6. The van der Waals surface area contributed by atoms with Gasteiger partial charge in [0.1, 0.15) is 0 Å². The molecule has 1 amide bonds. The maximum absolute atomic E-state index is 11.6. The first-order valence-corrected chi connectivity index (χ1v) is 6.83. The van der Waals surface area contributed by atoms with Gasteiger partial charge in [0.25, 0.3) is 0 Å². The molecule has 2 N–H and O–H groups in total. The average Bonchev–Trinajstić information content (AvgIpc) is 2.30. The summed E-state index contributed by atoms with van der Waals surface area (Å²) < 4.78 is 0. The first-order chi connectivity index (χ1) is 8.78. The van der Waals surface area contributed by atoms with Crippen LogP contribution in [0.1, 0.15) is 43.4 Å². The maximum atomic E-state index is 11.6. The predicted octanol–water partition coefficient (Wildman–Crippen LogP) is 2.51. The molecule has 0 atom stereocenters. The summed E-state index contributed by atoms with van der Waals surface area (Å²) in [5.41, 5.74) is 3.03. The highest BCUT2D eigenvalue weighted by molar-refractivity contribution is 5.75. The molecular formula is C16H25NO2. The van der Waals surface area contributed by atoms with Gasteiger partial charge in [-0.2, -0.15) is 0 Å². The van der Waals surface area contributed by atoms with E-state index in [1.807, 2.05) is 0 Å². The van der Waals surface area contributed by atoms with Gasteiger partial charge in [0.2, 0.25) is 5.91 Å². The second-order valence-corrected chi connectivity index (χ2v) is 5.86. The molecule has 0 saturated heterocycles. The van der Waals surface area contributed by atoms with Gasteiger partial charge in [-0.3, -0.25) is 4.79 Å². The zero-order valence-corrected chi connectivity index (χ0v) is 12.4. The van der Waals surface area contributed by atoms with Gasteiger partial charge in [-0.25, -0.2) is 0 Å². The first-order valence-electron chi connectivity index (χ1n) is 6.83. The Bertz CT molecular complexity index is 433. The third kappa shape index (κ3) is 6.39. The highest BCUT2D eigenvalue weighted by atomic mass is 16.3. The molecule has 0 bridgehead atoms. The van der Waals surface area contributed by atoms with E-state index in [1.54, 1.807) is 13.8 Å². The van der Waals surface area contributed by atoms with E-state index in [0.29, 0.717) is 13.0 Å². The van der Waals surface area contributed by atoms with Gasteiger partial charge >= 0.3 is 0 Å². The average molecular weight is 263 g/mol. The molecule has 0 unspecified atom stereocenters. The van der Waals surface area contributed by atoms with Gasteiger partial charge in [-0.1, -0.05) is 18.2 Å². The second-order valence-electron chi connectivity index (χ2n) is 5.86. The molecule has 1 rings (SSSR count). The van der Waals surface area contributed by atoms with Crippen molar-refractivity contribution in [3.63, 3.8) is 0 Å². The number of aliphatic hydroxyl groups is 1. The maximum Gasteiger partial charge on any atom is 0.220 e. The van der Waals surface area contributed by atoms with E-state index in [1.165, 1.54) is 16.7 Å². The first kappa shape index (κ1) is 15.7. The van der Waals surface area contributed by atoms with Crippen LogP contribution in [0.4, 0.5) is 0 Å². The summed E-state index contributed by atoms with van der Waals surface area (Å²) in [5, 5.41) is 12.3. The van der Waals surface area contributed by atoms with Gasteiger partial charge in [-0.15, -0.1) is 0 Å². The van der Waals surface area contributed by atoms with Gasteiger partial charge < -0.3 is 10.4 Å². The zero-order chi connectivity index (χ0) is 14.5. The van der Waals surface area contributed by atoms with Crippen molar-refractivity contribution in [1.29, 1.82) is 0 Å². The largest absolute Gasteiger partial charge is 0.389 e. The van der Waals surface area contributed by atoms with E-state index >= 15 is 0 Å². The Kier molecular flexibility index (Phi) is 5.55. The molecule has 0 aliphatic carbocycles. The monoisotopic (exact) mass is 263 g/mol. The van der Waals surface area contributed by atoms with E-state index in [0.717, 1.165) is 12.8 Å². The smallest absolute Gasteiger partial charge is 0.220 e. The molecule has 3 nitrogen and oxygen atoms in total. The van der Waals surface area contributed by atoms with Crippen molar-refractivity contribution >= 4 is 5.91 Å². The molecule has 0 aliphatic rings. The van der Waals surface area contributed by atoms with Gasteiger partial charge in [-0.05, 0) is 57.2 Å². The summed E-state index contributed by atoms with van der Waals surface area (Å²) in [6.45, 7) is 7.87. The number of aryl methyl sites for hydroxylation is 3. The quantitative estimate of drug-likeness (QED) is 0.828. The fraction of sp³-hybridized carbons (Fsp3) is 0.562. The Balaban J connectivity index is 2.30.